The normalized spacial score (nSPS) is 12.0. The molecule has 1 amide bonds. The zero-order valence-corrected chi connectivity index (χ0v) is 19.8. The van der Waals surface area contributed by atoms with Crippen LogP contribution in [0.1, 0.15) is 50.0 Å². The summed E-state index contributed by atoms with van der Waals surface area (Å²) in [5.41, 5.74) is 3.17. The van der Waals surface area contributed by atoms with Crippen molar-refractivity contribution in [3.05, 3.63) is 65.7 Å². The van der Waals surface area contributed by atoms with Crippen LogP contribution in [0.25, 0.3) is 11.3 Å². The van der Waals surface area contributed by atoms with Gasteiger partial charge in [-0.3, -0.25) is 4.79 Å². The van der Waals surface area contributed by atoms with Gasteiger partial charge in [0.05, 0.1) is 24.8 Å². The Labute approximate surface area is 190 Å². The van der Waals surface area contributed by atoms with Crippen LogP contribution in [0.5, 0.6) is 5.75 Å². The first-order valence-electron chi connectivity index (χ1n) is 11.1. The van der Waals surface area contributed by atoms with Gasteiger partial charge < -0.3 is 19.1 Å². The van der Waals surface area contributed by atoms with Gasteiger partial charge in [0.1, 0.15) is 11.4 Å². The van der Waals surface area contributed by atoms with E-state index >= 15 is 0 Å². The van der Waals surface area contributed by atoms with Crippen molar-refractivity contribution in [2.75, 3.05) is 19.1 Å². The van der Waals surface area contributed by atoms with Crippen molar-refractivity contribution in [2.45, 2.75) is 52.7 Å². The maximum atomic E-state index is 13.7. The Bertz CT molecular complexity index is 1030. The van der Waals surface area contributed by atoms with Crippen LogP contribution >= 0.6 is 0 Å². The average Bonchev–Trinajstić information content (AvgIpc) is 3.24. The van der Waals surface area contributed by atoms with Gasteiger partial charge in [0.15, 0.2) is 0 Å². The van der Waals surface area contributed by atoms with Crippen LogP contribution in [0.3, 0.4) is 0 Å². The quantitative estimate of drug-likeness (QED) is 0.436. The maximum absolute atomic E-state index is 13.7. The van der Waals surface area contributed by atoms with Gasteiger partial charge in [0, 0.05) is 24.7 Å². The zero-order valence-electron chi connectivity index (χ0n) is 19.8. The van der Waals surface area contributed by atoms with E-state index in [-0.39, 0.29) is 18.0 Å². The lowest BCUT2D eigenvalue weighted by molar-refractivity contribution is 0.0668. The van der Waals surface area contributed by atoms with Crippen LogP contribution in [-0.2, 0) is 6.54 Å². The number of benzene rings is 2. The van der Waals surface area contributed by atoms with Crippen molar-refractivity contribution in [3.63, 3.8) is 0 Å². The van der Waals surface area contributed by atoms with Crippen molar-refractivity contribution >= 4 is 11.8 Å². The average molecular weight is 436 g/mol. The van der Waals surface area contributed by atoms with Crippen LogP contribution < -0.4 is 9.64 Å². The van der Waals surface area contributed by atoms with E-state index in [1.165, 1.54) is 0 Å². The summed E-state index contributed by atoms with van der Waals surface area (Å²) in [6.07, 6.45) is 0.822. The van der Waals surface area contributed by atoms with Gasteiger partial charge in [0.25, 0.3) is 5.91 Å². The number of methoxy groups -OCH3 is 1. The molecule has 6 nitrogen and oxygen atoms in total. The highest BCUT2D eigenvalue weighted by molar-refractivity contribution is 5.97. The lowest BCUT2D eigenvalue weighted by atomic mass is 10.0. The van der Waals surface area contributed by atoms with Crippen molar-refractivity contribution in [3.8, 4) is 17.0 Å². The van der Waals surface area contributed by atoms with Crippen LogP contribution in [0.2, 0.25) is 0 Å². The number of para-hydroxylation sites is 1. The van der Waals surface area contributed by atoms with E-state index in [9.17, 15) is 4.79 Å². The van der Waals surface area contributed by atoms with Crippen molar-refractivity contribution in [1.82, 2.24) is 10.1 Å². The molecule has 0 aliphatic heterocycles. The van der Waals surface area contributed by atoms with E-state index in [1.807, 2.05) is 66.5 Å². The number of aromatic nitrogens is 1. The fourth-order valence-electron chi connectivity index (χ4n) is 3.57. The minimum atomic E-state index is -0.0739. The summed E-state index contributed by atoms with van der Waals surface area (Å²) in [4.78, 5) is 17.6. The van der Waals surface area contributed by atoms with Gasteiger partial charge in [-0.15, -0.1) is 0 Å². The molecule has 3 aromatic rings. The first-order chi connectivity index (χ1) is 15.4. The molecular weight excluding hydrogens is 402 g/mol. The van der Waals surface area contributed by atoms with Crippen LogP contribution in [-0.4, -0.2) is 42.2 Å². The van der Waals surface area contributed by atoms with E-state index < -0.39 is 0 Å². The molecule has 1 unspecified atom stereocenters. The number of rotatable bonds is 9. The number of anilines is 1. The van der Waals surface area contributed by atoms with Crippen molar-refractivity contribution in [1.29, 1.82) is 0 Å². The molecule has 0 aliphatic carbocycles. The zero-order chi connectivity index (χ0) is 23.3. The van der Waals surface area contributed by atoms with Gasteiger partial charge in [-0.05, 0) is 39.3 Å². The Morgan fingerprint density at radius 3 is 2.34 bits per heavy atom. The molecule has 0 spiro atoms. The Morgan fingerprint density at radius 2 is 1.72 bits per heavy atom. The molecule has 1 atom stereocenters. The first kappa shape index (κ1) is 23.4. The summed E-state index contributed by atoms with van der Waals surface area (Å²) < 4.78 is 11.3. The largest absolute Gasteiger partial charge is 0.496 e. The summed E-state index contributed by atoms with van der Waals surface area (Å²) >= 11 is 0. The number of nitrogens with zero attached hydrogens (tertiary/aromatic N) is 3. The molecular formula is C26H33N3O3. The van der Waals surface area contributed by atoms with Gasteiger partial charge >= 0.3 is 0 Å². The Kier molecular flexibility index (Phi) is 7.57. The van der Waals surface area contributed by atoms with Crippen LogP contribution in [0.15, 0.2) is 59.1 Å². The predicted octanol–water partition coefficient (Wildman–Crippen LogP) is 5.64. The highest BCUT2D eigenvalue weighted by atomic mass is 16.5. The molecule has 170 valence electrons. The Hall–Kier alpha value is -3.28. The third-order valence-electron chi connectivity index (χ3n) is 5.96. The smallest absolute Gasteiger partial charge is 0.258 e. The number of carbonyl (C=O) groups excluding carboxylic acids is 1. The third kappa shape index (κ3) is 4.79. The molecule has 0 radical (unpaired) electrons. The molecule has 0 bridgehead atoms. The SMILES string of the molecule is CCC(C)N(Cc1c(-c2ccccc2)noc1N(C)C(C)C)C(=O)c1ccccc1OC. The highest BCUT2D eigenvalue weighted by Crippen LogP contribution is 2.34. The number of amides is 1. The Balaban J connectivity index is 2.09. The molecule has 0 aliphatic rings. The summed E-state index contributed by atoms with van der Waals surface area (Å²) in [6.45, 7) is 8.72. The fraction of sp³-hybridized carbons (Fsp3) is 0.385. The van der Waals surface area contributed by atoms with Gasteiger partial charge in [0.2, 0.25) is 5.88 Å². The minimum Gasteiger partial charge on any atom is -0.496 e. The second-order valence-corrected chi connectivity index (χ2v) is 8.28. The van der Waals surface area contributed by atoms with Gasteiger partial charge in [-0.2, -0.15) is 0 Å². The predicted molar refractivity (Wildman–Crippen MR) is 128 cm³/mol. The van der Waals surface area contributed by atoms with Crippen molar-refractivity contribution < 1.29 is 14.1 Å². The molecule has 0 N–H and O–H groups in total. The monoisotopic (exact) mass is 435 g/mol. The first-order valence-corrected chi connectivity index (χ1v) is 11.1. The molecule has 0 saturated carbocycles. The highest BCUT2D eigenvalue weighted by Gasteiger charge is 2.29. The summed E-state index contributed by atoms with van der Waals surface area (Å²) in [5.74, 6) is 1.18. The number of hydrogen-bond donors (Lipinski definition) is 0. The molecule has 1 heterocycles. The second kappa shape index (κ2) is 10.4. The van der Waals surface area contributed by atoms with E-state index in [4.69, 9.17) is 9.26 Å². The second-order valence-electron chi connectivity index (χ2n) is 8.28. The summed E-state index contributed by atoms with van der Waals surface area (Å²) in [7, 11) is 3.57. The topological polar surface area (TPSA) is 58.8 Å². The number of carbonyl (C=O) groups is 1. The maximum Gasteiger partial charge on any atom is 0.258 e. The lowest BCUT2D eigenvalue weighted by Gasteiger charge is -2.30. The summed E-state index contributed by atoms with van der Waals surface area (Å²) in [5, 5.41) is 4.41. The molecule has 32 heavy (non-hydrogen) atoms. The van der Waals surface area contributed by atoms with E-state index in [0.717, 1.165) is 23.2 Å². The molecule has 0 fully saturated rings. The molecule has 3 rings (SSSR count). The fourth-order valence-corrected chi connectivity index (χ4v) is 3.57. The van der Waals surface area contributed by atoms with E-state index in [2.05, 4.69) is 37.8 Å². The number of hydrogen-bond acceptors (Lipinski definition) is 5. The summed E-state index contributed by atoms with van der Waals surface area (Å²) in [6, 6.07) is 17.5. The third-order valence-corrected chi connectivity index (χ3v) is 5.96. The van der Waals surface area contributed by atoms with Gasteiger partial charge in [-0.25, -0.2) is 0 Å². The Morgan fingerprint density at radius 1 is 1.06 bits per heavy atom. The molecule has 6 heteroatoms. The van der Waals surface area contributed by atoms with Gasteiger partial charge in [-0.1, -0.05) is 54.5 Å². The van der Waals surface area contributed by atoms with E-state index in [1.54, 1.807) is 7.11 Å². The lowest BCUT2D eigenvalue weighted by Crippen LogP contribution is -2.38. The molecule has 1 aromatic heterocycles. The van der Waals surface area contributed by atoms with Crippen LogP contribution in [0, 0.1) is 0 Å². The molecule has 0 saturated heterocycles. The minimum absolute atomic E-state index is 0.0168. The number of ether oxygens (including phenoxy) is 1. The van der Waals surface area contributed by atoms with E-state index in [0.29, 0.717) is 23.7 Å². The van der Waals surface area contributed by atoms with Crippen LogP contribution in [0.4, 0.5) is 5.88 Å². The van der Waals surface area contributed by atoms with Crippen molar-refractivity contribution in [2.24, 2.45) is 0 Å². The molecule has 2 aromatic carbocycles. The standard InChI is InChI=1S/C26H33N3O3/c1-7-19(4)29(25(30)21-15-11-12-16-23(21)31-6)17-22-24(20-13-9-8-10-14-20)27-32-26(22)28(5)18(2)3/h8-16,18-19H,7,17H2,1-6H3.